The molecular weight excluding hydrogens is 433 g/mol. The van der Waals surface area contributed by atoms with Crippen LogP contribution in [0.4, 0.5) is 18.9 Å². The molecule has 164 valence electrons. The minimum atomic E-state index is -5.08. The molecule has 0 spiro atoms. The zero-order valence-corrected chi connectivity index (χ0v) is 17.5. The Labute approximate surface area is 168 Å². The predicted molar refractivity (Wildman–Crippen MR) is 102 cm³/mol. The van der Waals surface area contributed by atoms with Crippen molar-refractivity contribution >= 4 is 32.1 Å². The van der Waals surface area contributed by atoms with Crippen LogP contribution in [-0.2, 0) is 26.2 Å². The Morgan fingerprint density at radius 3 is 2.21 bits per heavy atom. The Morgan fingerprint density at radius 2 is 1.69 bits per heavy atom. The van der Waals surface area contributed by atoms with Crippen molar-refractivity contribution in [2.45, 2.75) is 54.1 Å². The second-order valence-electron chi connectivity index (χ2n) is 7.00. The molecule has 0 aromatic heterocycles. The van der Waals surface area contributed by atoms with Gasteiger partial charge in [0.2, 0.25) is 10.0 Å². The maximum absolute atomic E-state index is 13.4. The molecule has 0 radical (unpaired) electrons. The van der Waals surface area contributed by atoms with Gasteiger partial charge in [-0.15, -0.1) is 4.40 Å². The Kier molecular flexibility index (Phi) is 6.85. The van der Waals surface area contributed by atoms with E-state index >= 15 is 0 Å². The number of nitrogens with zero attached hydrogens (tertiary/aromatic N) is 2. The highest BCUT2D eigenvalue weighted by Gasteiger charge is 2.39. The molecule has 1 aliphatic rings. The molecule has 1 aromatic rings. The smallest absolute Gasteiger partial charge is 0.398 e. The number of nitrogens with one attached hydrogen (secondary N) is 1. The summed E-state index contributed by atoms with van der Waals surface area (Å²) in [5, 5.41) is 0. The summed E-state index contributed by atoms with van der Waals surface area (Å²) in [7, 11) is -6.32. The molecule has 1 fully saturated rings. The van der Waals surface area contributed by atoms with Gasteiger partial charge in [0.1, 0.15) is 16.1 Å². The molecule has 0 aliphatic heterocycles. The summed E-state index contributed by atoms with van der Waals surface area (Å²) in [6, 6.07) is 0.348. The van der Waals surface area contributed by atoms with E-state index in [1.807, 2.05) is 0 Å². The fourth-order valence-electron chi connectivity index (χ4n) is 2.96. The van der Waals surface area contributed by atoms with Crippen molar-refractivity contribution in [1.82, 2.24) is 9.62 Å². The van der Waals surface area contributed by atoms with E-state index in [0.717, 1.165) is 25.6 Å². The van der Waals surface area contributed by atoms with Crippen LogP contribution >= 0.6 is 0 Å². The molecule has 0 saturated heterocycles. The first-order valence-electron chi connectivity index (χ1n) is 8.74. The van der Waals surface area contributed by atoms with Gasteiger partial charge in [-0.1, -0.05) is 19.3 Å². The quantitative estimate of drug-likeness (QED) is 0.384. The van der Waals surface area contributed by atoms with E-state index in [1.165, 1.54) is 19.0 Å². The third-order valence-corrected chi connectivity index (χ3v) is 7.17. The Morgan fingerprint density at radius 1 is 1.10 bits per heavy atom. The topological polar surface area (TPSA) is 122 Å². The molecule has 0 amide bonds. The predicted octanol–water partition coefficient (Wildman–Crippen LogP) is 2.18. The van der Waals surface area contributed by atoms with Crippen molar-refractivity contribution in [3.8, 4) is 0 Å². The van der Waals surface area contributed by atoms with E-state index < -0.39 is 47.3 Å². The normalized spacial score (nSPS) is 17.0. The average Bonchev–Trinajstić information content (AvgIpc) is 2.59. The second kappa shape index (κ2) is 8.48. The second-order valence-corrected chi connectivity index (χ2v) is 10.3. The first-order valence-corrected chi connectivity index (χ1v) is 11.7. The minimum Gasteiger partial charge on any atom is -0.398 e. The highest BCUT2D eigenvalue weighted by molar-refractivity contribution is 7.91. The molecule has 1 aromatic carbocycles. The molecule has 3 N–H and O–H groups in total. The van der Waals surface area contributed by atoms with Crippen LogP contribution in [0.15, 0.2) is 26.3 Å². The van der Waals surface area contributed by atoms with Gasteiger partial charge in [0.05, 0.1) is 11.3 Å². The molecular formula is C16H23F3N4O4S2. The summed E-state index contributed by atoms with van der Waals surface area (Å²) < 4.78 is 96.1. The van der Waals surface area contributed by atoms with Gasteiger partial charge in [-0.3, -0.25) is 0 Å². The van der Waals surface area contributed by atoms with Crippen LogP contribution in [0.25, 0.3) is 0 Å². The Bertz CT molecular complexity index is 984. The van der Waals surface area contributed by atoms with Crippen molar-refractivity contribution in [2.75, 3.05) is 19.8 Å². The minimum absolute atomic E-state index is 0.313. The molecule has 0 heterocycles. The van der Waals surface area contributed by atoms with E-state index in [-0.39, 0.29) is 6.04 Å². The SMILES string of the molecule is CN(C)C=NS(=O)(=O)c1cc(S(=O)(=O)NC2CCCCC2)c(N)cc1C(F)(F)F. The van der Waals surface area contributed by atoms with Crippen molar-refractivity contribution in [3.05, 3.63) is 17.7 Å². The van der Waals surface area contributed by atoms with E-state index in [9.17, 15) is 30.0 Å². The molecule has 29 heavy (non-hydrogen) atoms. The molecule has 0 atom stereocenters. The van der Waals surface area contributed by atoms with Gasteiger partial charge >= 0.3 is 6.18 Å². The van der Waals surface area contributed by atoms with Crippen LogP contribution in [-0.4, -0.2) is 48.2 Å². The van der Waals surface area contributed by atoms with Crippen molar-refractivity contribution in [2.24, 2.45) is 4.40 Å². The van der Waals surface area contributed by atoms with Gasteiger partial charge in [0.15, 0.2) is 0 Å². The molecule has 1 saturated carbocycles. The lowest BCUT2D eigenvalue weighted by molar-refractivity contribution is -0.139. The first kappa shape index (κ1) is 23.4. The van der Waals surface area contributed by atoms with Gasteiger partial charge in [0, 0.05) is 20.1 Å². The summed E-state index contributed by atoms with van der Waals surface area (Å²) in [6.07, 6.45) is -0.518. The number of halogens is 3. The number of rotatable bonds is 6. The number of nitrogen functional groups attached to an aromatic ring is 1. The van der Waals surface area contributed by atoms with Gasteiger partial charge in [-0.25, -0.2) is 13.1 Å². The first-order chi connectivity index (χ1) is 13.2. The Balaban J connectivity index is 2.60. The fourth-order valence-corrected chi connectivity index (χ4v) is 5.63. The standard InChI is InChI=1S/C16H23F3N4O4S2/c1-23(2)10-21-28(24,25)14-9-15(13(20)8-12(14)16(17,18)19)29(26,27)22-11-6-4-3-5-7-11/h8-11,22H,3-7,20H2,1-2H3. The molecule has 8 nitrogen and oxygen atoms in total. The molecule has 0 bridgehead atoms. The van der Waals surface area contributed by atoms with Crippen molar-refractivity contribution in [3.63, 3.8) is 0 Å². The highest BCUT2D eigenvalue weighted by Crippen LogP contribution is 2.38. The van der Waals surface area contributed by atoms with Crippen LogP contribution in [0.1, 0.15) is 37.7 Å². The number of alkyl halides is 3. The van der Waals surface area contributed by atoms with E-state index in [2.05, 4.69) is 9.12 Å². The summed E-state index contributed by atoms with van der Waals surface area (Å²) >= 11 is 0. The van der Waals surface area contributed by atoms with E-state index in [0.29, 0.717) is 25.0 Å². The lowest BCUT2D eigenvalue weighted by Gasteiger charge is -2.23. The number of hydrogen-bond acceptors (Lipinski definition) is 5. The lowest BCUT2D eigenvalue weighted by Crippen LogP contribution is -2.36. The van der Waals surface area contributed by atoms with Gasteiger partial charge in [-0.2, -0.15) is 21.6 Å². The summed E-state index contributed by atoms with van der Waals surface area (Å²) in [5.74, 6) is 0. The van der Waals surface area contributed by atoms with Crippen LogP contribution < -0.4 is 10.5 Å². The number of benzene rings is 1. The van der Waals surface area contributed by atoms with Crippen LogP contribution in [0.5, 0.6) is 0 Å². The third kappa shape index (κ3) is 5.82. The van der Waals surface area contributed by atoms with Gasteiger partial charge in [-0.05, 0) is 25.0 Å². The van der Waals surface area contributed by atoms with Crippen molar-refractivity contribution < 1.29 is 30.0 Å². The number of hydrogen-bond donors (Lipinski definition) is 2. The number of sulfonamides is 2. The van der Waals surface area contributed by atoms with Crippen LogP contribution in [0, 0.1) is 0 Å². The lowest BCUT2D eigenvalue weighted by atomic mass is 9.96. The maximum atomic E-state index is 13.4. The molecule has 1 aliphatic carbocycles. The van der Waals surface area contributed by atoms with E-state index in [4.69, 9.17) is 5.73 Å². The monoisotopic (exact) mass is 456 g/mol. The zero-order valence-electron chi connectivity index (χ0n) is 15.9. The largest absolute Gasteiger partial charge is 0.417 e. The van der Waals surface area contributed by atoms with E-state index in [1.54, 1.807) is 0 Å². The van der Waals surface area contributed by atoms with Gasteiger partial charge < -0.3 is 10.6 Å². The summed E-state index contributed by atoms with van der Waals surface area (Å²) in [4.78, 5) is -0.791. The number of anilines is 1. The average molecular weight is 457 g/mol. The van der Waals surface area contributed by atoms with Gasteiger partial charge in [0.25, 0.3) is 10.0 Å². The fraction of sp³-hybridized carbons (Fsp3) is 0.562. The Hall–Kier alpha value is -1.86. The zero-order chi connectivity index (χ0) is 22.0. The molecule has 13 heteroatoms. The molecule has 2 rings (SSSR count). The summed E-state index contributed by atoms with van der Waals surface area (Å²) in [5.41, 5.74) is 3.30. The van der Waals surface area contributed by atoms with Crippen molar-refractivity contribution in [1.29, 1.82) is 0 Å². The number of nitrogens with two attached hydrogens (primary N) is 1. The maximum Gasteiger partial charge on any atom is 0.417 e. The molecule has 0 unspecified atom stereocenters. The van der Waals surface area contributed by atoms with Crippen LogP contribution in [0.3, 0.4) is 0 Å². The van der Waals surface area contributed by atoms with Crippen LogP contribution in [0.2, 0.25) is 0 Å². The summed E-state index contributed by atoms with van der Waals surface area (Å²) in [6.45, 7) is 0. The highest BCUT2D eigenvalue weighted by atomic mass is 32.2. The third-order valence-electron chi connectivity index (χ3n) is 4.33.